The summed E-state index contributed by atoms with van der Waals surface area (Å²) in [5, 5.41) is 0.0946. The van der Waals surface area contributed by atoms with E-state index in [4.69, 9.17) is 11.6 Å². The normalized spacial score (nSPS) is 10.2. The van der Waals surface area contributed by atoms with Crippen LogP contribution in [-0.2, 0) is 6.42 Å². The van der Waals surface area contributed by atoms with Crippen LogP contribution < -0.4 is 0 Å². The van der Waals surface area contributed by atoms with Gasteiger partial charge in [-0.3, -0.25) is 0 Å². The summed E-state index contributed by atoms with van der Waals surface area (Å²) in [4.78, 5) is 0. The second kappa shape index (κ2) is 3.18. The molecule has 0 nitrogen and oxygen atoms in total. The topological polar surface area (TPSA) is 0 Å². The molecule has 0 radical (unpaired) electrons. The molecule has 0 fully saturated rings. The predicted octanol–water partition coefficient (Wildman–Crippen LogP) is 3.18. The van der Waals surface area contributed by atoms with Crippen molar-refractivity contribution >= 4 is 11.6 Å². The van der Waals surface area contributed by atoms with Crippen LogP contribution in [0.4, 0.5) is 8.78 Å². The van der Waals surface area contributed by atoms with Crippen LogP contribution in [0.5, 0.6) is 0 Å². The van der Waals surface area contributed by atoms with Crippen LogP contribution in [0, 0.1) is 11.6 Å². The lowest BCUT2D eigenvalue weighted by Gasteiger charge is -2.00. The molecule has 0 spiro atoms. The first-order valence-electron chi connectivity index (χ1n) is 3.28. The van der Waals surface area contributed by atoms with Crippen molar-refractivity contribution in [2.24, 2.45) is 0 Å². The minimum absolute atomic E-state index is 0.0920. The Morgan fingerprint density at radius 2 is 1.73 bits per heavy atom. The molecular weight excluding hydrogens is 170 g/mol. The molecule has 0 heterocycles. The summed E-state index contributed by atoms with van der Waals surface area (Å²) in [5.74, 6) is -1.14. The molecule has 0 saturated carbocycles. The molecule has 0 aliphatic heterocycles. The molecule has 0 amide bonds. The molecule has 11 heavy (non-hydrogen) atoms. The Morgan fingerprint density at radius 3 is 2.09 bits per heavy atom. The highest BCUT2D eigenvalue weighted by molar-refractivity contribution is 6.30. The number of rotatable bonds is 1. The molecule has 3 heteroatoms. The Kier molecular flexibility index (Phi) is 2.45. The Labute approximate surface area is 68.8 Å². The van der Waals surface area contributed by atoms with Crippen molar-refractivity contribution < 1.29 is 8.78 Å². The lowest BCUT2D eigenvalue weighted by molar-refractivity contribution is 0.559. The van der Waals surface area contributed by atoms with Crippen molar-refractivity contribution in [2.45, 2.75) is 13.3 Å². The van der Waals surface area contributed by atoms with Gasteiger partial charge in [-0.15, -0.1) is 0 Å². The predicted molar refractivity (Wildman–Crippen MR) is 40.7 cm³/mol. The monoisotopic (exact) mass is 176 g/mol. The summed E-state index contributed by atoms with van der Waals surface area (Å²) in [6.07, 6.45) is 0.342. The van der Waals surface area contributed by atoms with Gasteiger partial charge in [0.05, 0.1) is 0 Å². The fourth-order valence-corrected chi connectivity index (χ4v) is 1.10. The molecule has 0 atom stereocenters. The highest BCUT2D eigenvalue weighted by atomic mass is 35.5. The summed E-state index contributed by atoms with van der Waals surface area (Å²) < 4.78 is 25.6. The van der Waals surface area contributed by atoms with Crippen molar-refractivity contribution in [1.29, 1.82) is 0 Å². The lowest BCUT2D eigenvalue weighted by Crippen LogP contribution is -1.92. The first-order valence-corrected chi connectivity index (χ1v) is 3.66. The standard InChI is InChI=1S/C8H7ClF2/c1-2-6-7(10)3-5(9)4-8(6)11/h3-4H,2H2,1H3. The maximum atomic E-state index is 12.8. The van der Waals surface area contributed by atoms with Gasteiger partial charge in [0.1, 0.15) is 11.6 Å². The second-order valence-corrected chi connectivity index (χ2v) is 2.64. The number of halogens is 3. The maximum absolute atomic E-state index is 12.8. The molecule has 1 aromatic carbocycles. The first-order chi connectivity index (χ1) is 5.15. The fraction of sp³-hybridized carbons (Fsp3) is 0.250. The molecule has 0 saturated heterocycles. The van der Waals surface area contributed by atoms with E-state index in [1.807, 2.05) is 0 Å². The van der Waals surface area contributed by atoms with Crippen LogP contribution in [0.3, 0.4) is 0 Å². The van der Waals surface area contributed by atoms with E-state index in [1.54, 1.807) is 6.92 Å². The van der Waals surface area contributed by atoms with Gasteiger partial charge in [0.2, 0.25) is 0 Å². The largest absolute Gasteiger partial charge is 0.207 e. The van der Waals surface area contributed by atoms with E-state index >= 15 is 0 Å². The summed E-state index contributed by atoms with van der Waals surface area (Å²) >= 11 is 5.40. The van der Waals surface area contributed by atoms with Gasteiger partial charge in [-0.05, 0) is 18.6 Å². The SMILES string of the molecule is CCc1c(F)cc(Cl)cc1F. The Balaban J connectivity index is 3.25. The van der Waals surface area contributed by atoms with Crippen LogP contribution >= 0.6 is 11.6 Å². The minimum atomic E-state index is -0.572. The Hall–Kier alpha value is -0.630. The number of benzene rings is 1. The van der Waals surface area contributed by atoms with Gasteiger partial charge in [0.25, 0.3) is 0 Å². The molecule has 1 rings (SSSR count). The zero-order chi connectivity index (χ0) is 8.43. The van der Waals surface area contributed by atoms with E-state index in [0.29, 0.717) is 6.42 Å². The maximum Gasteiger partial charge on any atom is 0.130 e. The zero-order valence-corrected chi connectivity index (χ0v) is 6.75. The number of hydrogen-bond acceptors (Lipinski definition) is 0. The molecule has 1 aromatic rings. The molecule has 0 unspecified atom stereocenters. The minimum Gasteiger partial charge on any atom is -0.207 e. The summed E-state index contributed by atoms with van der Waals surface area (Å²) in [6.45, 7) is 1.69. The fourth-order valence-electron chi connectivity index (χ4n) is 0.910. The van der Waals surface area contributed by atoms with Gasteiger partial charge in [-0.25, -0.2) is 8.78 Å². The lowest BCUT2D eigenvalue weighted by atomic mass is 10.1. The Bertz CT molecular complexity index is 248. The summed E-state index contributed by atoms with van der Waals surface area (Å²) in [5.41, 5.74) is 0.0920. The smallest absolute Gasteiger partial charge is 0.130 e. The highest BCUT2D eigenvalue weighted by Gasteiger charge is 2.07. The van der Waals surface area contributed by atoms with Crippen molar-refractivity contribution in [3.63, 3.8) is 0 Å². The molecule has 0 aliphatic carbocycles. The molecular formula is C8H7ClF2. The quantitative estimate of drug-likeness (QED) is 0.617. The van der Waals surface area contributed by atoms with Crippen molar-refractivity contribution in [3.05, 3.63) is 34.4 Å². The van der Waals surface area contributed by atoms with E-state index in [0.717, 1.165) is 12.1 Å². The van der Waals surface area contributed by atoms with Crippen molar-refractivity contribution in [3.8, 4) is 0 Å². The van der Waals surface area contributed by atoms with Crippen molar-refractivity contribution in [2.75, 3.05) is 0 Å². The highest BCUT2D eigenvalue weighted by Crippen LogP contribution is 2.18. The van der Waals surface area contributed by atoms with Crippen molar-refractivity contribution in [1.82, 2.24) is 0 Å². The van der Waals surface area contributed by atoms with Gasteiger partial charge in [-0.2, -0.15) is 0 Å². The van der Waals surface area contributed by atoms with E-state index in [-0.39, 0.29) is 10.6 Å². The van der Waals surface area contributed by atoms with Crippen LogP contribution in [0.25, 0.3) is 0 Å². The number of hydrogen-bond donors (Lipinski definition) is 0. The van der Waals surface area contributed by atoms with Crippen LogP contribution in [0.2, 0.25) is 5.02 Å². The van der Waals surface area contributed by atoms with Gasteiger partial charge >= 0.3 is 0 Å². The van der Waals surface area contributed by atoms with E-state index < -0.39 is 11.6 Å². The summed E-state index contributed by atoms with van der Waals surface area (Å²) in [6, 6.07) is 2.23. The second-order valence-electron chi connectivity index (χ2n) is 2.20. The van der Waals surface area contributed by atoms with E-state index in [9.17, 15) is 8.78 Å². The van der Waals surface area contributed by atoms with Gasteiger partial charge in [0.15, 0.2) is 0 Å². The van der Waals surface area contributed by atoms with Gasteiger partial charge in [0, 0.05) is 10.6 Å². The molecule has 0 bridgehead atoms. The van der Waals surface area contributed by atoms with Gasteiger partial charge in [-0.1, -0.05) is 18.5 Å². The van der Waals surface area contributed by atoms with Gasteiger partial charge < -0.3 is 0 Å². The van der Waals surface area contributed by atoms with Crippen LogP contribution in [0.1, 0.15) is 12.5 Å². The Morgan fingerprint density at radius 1 is 1.27 bits per heavy atom. The van der Waals surface area contributed by atoms with Crippen LogP contribution in [-0.4, -0.2) is 0 Å². The summed E-state index contributed by atoms with van der Waals surface area (Å²) in [7, 11) is 0. The third-order valence-electron chi connectivity index (χ3n) is 1.46. The van der Waals surface area contributed by atoms with E-state index in [2.05, 4.69) is 0 Å². The molecule has 0 aromatic heterocycles. The average Bonchev–Trinajstić information content (AvgIpc) is 1.85. The third-order valence-corrected chi connectivity index (χ3v) is 1.68. The van der Waals surface area contributed by atoms with E-state index in [1.165, 1.54) is 0 Å². The molecule has 60 valence electrons. The molecule has 0 N–H and O–H groups in total. The average molecular weight is 177 g/mol. The molecule has 0 aliphatic rings. The third kappa shape index (κ3) is 1.69. The first kappa shape index (κ1) is 8.47. The zero-order valence-electron chi connectivity index (χ0n) is 6.00. The van der Waals surface area contributed by atoms with Crippen LogP contribution in [0.15, 0.2) is 12.1 Å².